The van der Waals surface area contributed by atoms with Crippen LogP contribution in [0.2, 0.25) is 0 Å². The van der Waals surface area contributed by atoms with Crippen molar-refractivity contribution in [1.82, 2.24) is 20.1 Å². The number of carbonyl (C=O) groups is 1. The highest BCUT2D eigenvalue weighted by atomic mass is 32.1. The number of amides is 1. The topological polar surface area (TPSA) is 59.8 Å². The van der Waals surface area contributed by atoms with E-state index in [2.05, 4.69) is 39.0 Å². The number of hydrogen-bond acceptors (Lipinski definition) is 4. The van der Waals surface area contributed by atoms with Crippen molar-refractivity contribution < 1.29 is 4.79 Å². The van der Waals surface area contributed by atoms with Crippen LogP contribution < -0.4 is 5.32 Å². The molecule has 29 heavy (non-hydrogen) atoms. The summed E-state index contributed by atoms with van der Waals surface area (Å²) in [6.45, 7) is 4.62. The molecular formula is C23H24N4OS. The summed E-state index contributed by atoms with van der Waals surface area (Å²) in [6, 6.07) is 16.4. The number of fused-ring (bicyclic) bond motifs is 1. The standard InChI is InChI=1S/C23H24N4OS/c1-16(10-11-18-7-4-3-5-8-18)26-23(28)20-13-17(2)25-22-21(20)14-24-27(22)15-19-9-6-12-29-19/h3-9,12-14,16H,10-11,15H2,1-2H3,(H,26,28)/t16-/m1/s1. The van der Waals surface area contributed by atoms with Gasteiger partial charge in [0.25, 0.3) is 5.91 Å². The van der Waals surface area contributed by atoms with Gasteiger partial charge in [-0.2, -0.15) is 5.10 Å². The molecule has 0 spiro atoms. The summed E-state index contributed by atoms with van der Waals surface area (Å²) >= 11 is 1.69. The molecule has 0 aliphatic rings. The van der Waals surface area contributed by atoms with Crippen LogP contribution >= 0.6 is 11.3 Å². The Morgan fingerprint density at radius 2 is 2.03 bits per heavy atom. The SMILES string of the molecule is Cc1cc(C(=O)N[C@H](C)CCc2ccccc2)c2cnn(Cc3cccs3)c2n1. The van der Waals surface area contributed by atoms with Gasteiger partial charge in [-0.15, -0.1) is 11.3 Å². The van der Waals surface area contributed by atoms with Crippen molar-refractivity contribution in [3.63, 3.8) is 0 Å². The minimum Gasteiger partial charge on any atom is -0.350 e. The highest BCUT2D eigenvalue weighted by Crippen LogP contribution is 2.21. The van der Waals surface area contributed by atoms with Crippen LogP contribution in [0.1, 0.15) is 39.8 Å². The molecule has 0 aliphatic carbocycles. The lowest BCUT2D eigenvalue weighted by molar-refractivity contribution is 0.0940. The molecule has 6 heteroatoms. The fourth-order valence-electron chi connectivity index (χ4n) is 3.43. The van der Waals surface area contributed by atoms with Gasteiger partial charge in [-0.25, -0.2) is 9.67 Å². The second-order valence-electron chi connectivity index (χ2n) is 7.33. The lowest BCUT2D eigenvalue weighted by atomic mass is 10.1. The third kappa shape index (κ3) is 4.54. The number of rotatable bonds is 7. The normalized spacial score (nSPS) is 12.2. The van der Waals surface area contributed by atoms with Gasteiger partial charge in [-0.1, -0.05) is 36.4 Å². The van der Waals surface area contributed by atoms with Crippen molar-refractivity contribution in [3.8, 4) is 0 Å². The summed E-state index contributed by atoms with van der Waals surface area (Å²) in [5.41, 5.74) is 3.48. The van der Waals surface area contributed by atoms with Crippen molar-refractivity contribution in [2.75, 3.05) is 0 Å². The molecule has 0 saturated carbocycles. The molecular weight excluding hydrogens is 380 g/mol. The van der Waals surface area contributed by atoms with Gasteiger partial charge in [0.1, 0.15) is 0 Å². The van der Waals surface area contributed by atoms with Gasteiger partial charge in [0.2, 0.25) is 0 Å². The number of carbonyl (C=O) groups excluding carboxylic acids is 1. The zero-order valence-electron chi connectivity index (χ0n) is 16.6. The first-order valence-electron chi connectivity index (χ1n) is 9.80. The molecule has 5 nitrogen and oxygen atoms in total. The lowest BCUT2D eigenvalue weighted by Gasteiger charge is -2.15. The van der Waals surface area contributed by atoms with Gasteiger partial charge < -0.3 is 5.32 Å². The molecule has 0 bridgehead atoms. The van der Waals surface area contributed by atoms with Crippen LogP contribution in [0, 0.1) is 6.92 Å². The van der Waals surface area contributed by atoms with Gasteiger partial charge in [0.15, 0.2) is 5.65 Å². The zero-order chi connectivity index (χ0) is 20.2. The number of aromatic nitrogens is 3. The maximum Gasteiger partial charge on any atom is 0.252 e. The minimum atomic E-state index is -0.0725. The molecule has 0 fully saturated rings. The van der Waals surface area contributed by atoms with E-state index in [1.165, 1.54) is 10.4 Å². The molecule has 1 aromatic carbocycles. The van der Waals surface area contributed by atoms with E-state index in [0.29, 0.717) is 12.1 Å². The van der Waals surface area contributed by atoms with Crippen molar-refractivity contribution in [2.24, 2.45) is 0 Å². The highest BCUT2D eigenvalue weighted by Gasteiger charge is 2.17. The maximum absolute atomic E-state index is 13.0. The van der Waals surface area contributed by atoms with E-state index in [4.69, 9.17) is 0 Å². The monoisotopic (exact) mass is 404 g/mol. The van der Waals surface area contributed by atoms with Gasteiger partial charge >= 0.3 is 0 Å². The first-order chi connectivity index (χ1) is 14.1. The van der Waals surface area contributed by atoms with Crippen LogP contribution in [-0.4, -0.2) is 26.7 Å². The molecule has 4 rings (SSSR count). The first-order valence-corrected chi connectivity index (χ1v) is 10.7. The Bertz CT molecular complexity index is 1100. The molecule has 3 aromatic heterocycles. The van der Waals surface area contributed by atoms with Gasteiger partial charge in [-0.05, 0) is 49.8 Å². The lowest BCUT2D eigenvalue weighted by Crippen LogP contribution is -2.33. The average molecular weight is 405 g/mol. The number of nitrogens with zero attached hydrogens (tertiary/aromatic N) is 3. The van der Waals surface area contributed by atoms with E-state index < -0.39 is 0 Å². The first kappa shape index (κ1) is 19.3. The van der Waals surface area contributed by atoms with E-state index >= 15 is 0 Å². The predicted molar refractivity (Wildman–Crippen MR) is 117 cm³/mol. The zero-order valence-corrected chi connectivity index (χ0v) is 17.4. The second-order valence-corrected chi connectivity index (χ2v) is 8.36. The fourth-order valence-corrected chi connectivity index (χ4v) is 4.11. The Morgan fingerprint density at radius 1 is 1.21 bits per heavy atom. The molecule has 4 aromatic rings. The van der Waals surface area contributed by atoms with Crippen molar-refractivity contribution in [1.29, 1.82) is 0 Å². The summed E-state index contributed by atoms with van der Waals surface area (Å²) in [5.74, 6) is -0.0725. The van der Waals surface area contributed by atoms with Crippen LogP contribution in [0.3, 0.4) is 0 Å². The molecule has 0 aliphatic heterocycles. The second kappa shape index (κ2) is 8.57. The van der Waals surface area contributed by atoms with Crippen LogP contribution in [0.25, 0.3) is 11.0 Å². The molecule has 3 heterocycles. The van der Waals surface area contributed by atoms with Crippen molar-refractivity contribution >= 4 is 28.3 Å². The van der Waals surface area contributed by atoms with E-state index in [9.17, 15) is 4.79 Å². The average Bonchev–Trinajstić information content (AvgIpc) is 3.37. The molecule has 148 valence electrons. The van der Waals surface area contributed by atoms with Gasteiger partial charge in [0, 0.05) is 16.6 Å². The Labute approximate surface area is 174 Å². The maximum atomic E-state index is 13.0. The predicted octanol–water partition coefficient (Wildman–Crippen LogP) is 4.60. The summed E-state index contributed by atoms with van der Waals surface area (Å²) in [6.07, 6.45) is 3.57. The van der Waals surface area contributed by atoms with Crippen molar-refractivity contribution in [2.45, 2.75) is 39.3 Å². The molecule has 1 amide bonds. The van der Waals surface area contributed by atoms with E-state index in [1.807, 2.05) is 48.9 Å². The number of hydrogen-bond donors (Lipinski definition) is 1. The fraction of sp³-hybridized carbons (Fsp3) is 0.261. The Kier molecular flexibility index (Phi) is 5.71. The molecule has 1 atom stereocenters. The van der Waals surface area contributed by atoms with Crippen LogP contribution in [0.5, 0.6) is 0 Å². The Hall–Kier alpha value is -2.99. The van der Waals surface area contributed by atoms with Crippen LogP contribution in [0.15, 0.2) is 60.1 Å². The third-order valence-electron chi connectivity index (χ3n) is 4.95. The Balaban J connectivity index is 1.50. The minimum absolute atomic E-state index is 0.0725. The van der Waals surface area contributed by atoms with Gasteiger partial charge in [0.05, 0.1) is 23.7 Å². The largest absolute Gasteiger partial charge is 0.350 e. The Morgan fingerprint density at radius 3 is 2.79 bits per heavy atom. The highest BCUT2D eigenvalue weighted by molar-refractivity contribution is 7.09. The molecule has 0 radical (unpaired) electrons. The number of benzene rings is 1. The number of aryl methyl sites for hydroxylation is 2. The molecule has 0 unspecified atom stereocenters. The van der Waals surface area contributed by atoms with E-state index in [0.717, 1.165) is 29.6 Å². The van der Waals surface area contributed by atoms with E-state index in [1.54, 1.807) is 17.5 Å². The summed E-state index contributed by atoms with van der Waals surface area (Å²) in [5, 5.41) is 10.5. The van der Waals surface area contributed by atoms with Crippen molar-refractivity contribution in [3.05, 3.63) is 81.8 Å². The number of nitrogens with one attached hydrogen (secondary N) is 1. The smallest absolute Gasteiger partial charge is 0.252 e. The molecule has 0 saturated heterocycles. The quantitative estimate of drug-likeness (QED) is 0.490. The molecule has 1 N–H and O–H groups in total. The number of pyridine rings is 1. The van der Waals surface area contributed by atoms with Gasteiger partial charge in [-0.3, -0.25) is 4.79 Å². The number of thiophene rings is 1. The third-order valence-corrected chi connectivity index (χ3v) is 5.82. The van der Waals surface area contributed by atoms with Crippen LogP contribution in [0.4, 0.5) is 0 Å². The summed E-state index contributed by atoms with van der Waals surface area (Å²) < 4.78 is 1.86. The van der Waals surface area contributed by atoms with E-state index in [-0.39, 0.29) is 11.9 Å². The summed E-state index contributed by atoms with van der Waals surface area (Å²) in [4.78, 5) is 18.8. The summed E-state index contributed by atoms with van der Waals surface area (Å²) in [7, 11) is 0. The van der Waals surface area contributed by atoms with Crippen LogP contribution in [-0.2, 0) is 13.0 Å².